The van der Waals surface area contributed by atoms with Crippen molar-refractivity contribution in [3.05, 3.63) is 111 Å². The van der Waals surface area contributed by atoms with Crippen molar-refractivity contribution in [3.63, 3.8) is 0 Å². The Labute approximate surface area is 483 Å². The third kappa shape index (κ3) is 21.9. The molecule has 0 aliphatic rings. The Morgan fingerprint density at radius 3 is 0.709 bits per heavy atom. The van der Waals surface area contributed by atoms with Gasteiger partial charge >= 0.3 is 459 Å². The van der Waals surface area contributed by atoms with Crippen LogP contribution < -0.4 is 18.9 Å². The summed E-state index contributed by atoms with van der Waals surface area (Å²) in [5.74, 6) is -5.76. The predicted molar refractivity (Wildman–Crippen MR) is 319 cm³/mol. The second kappa shape index (κ2) is 35.8. The summed E-state index contributed by atoms with van der Waals surface area (Å²) in [5, 5.41) is -13.7. The molecule has 0 aliphatic carbocycles. The van der Waals surface area contributed by atoms with E-state index < -0.39 is 77.1 Å². The summed E-state index contributed by atoms with van der Waals surface area (Å²) >= 11 is -8.66. The van der Waals surface area contributed by atoms with Gasteiger partial charge in [-0.3, -0.25) is 0 Å². The van der Waals surface area contributed by atoms with Crippen LogP contribution in [0.1, 0.15) is 182 Å². The van der Waals surface area contributed by atoms with Gasteiger partial charge in [0.05, 0.1) is 0 Å². The van der Waals surface area contributed by atoms with Gasteiger partial charge in [-0.25, -0.2) is 0 Å². The minimum atomic E-state index is -7.15. The number of benzene rings is 4. The molecule has 0 aromatic heterocycles. The van der Waals surface area contributed by atoms with Crippen LogP contribution in [0.2, 0.25) is 0 Å². The molecule has 0 saturated heterocycles. The van der Waals surface area contributed by atoms with Gasteiger partial charge in [-0.2, -0.15) is 0 Å². The van der Waals surface area contributed by atoms with E-state index >= 15 is 26.3 Å². The molecule has 0 radical (unpaired) electrons. The van der Waals surface area contributed by atoms with Crippen molar-refractivity contribution in [2.75, 3.05) is 26.4 Å². The Morgan fingerprint density at radius 2 is 0.506 bits per heavy atom. The van der Waals surface area contributed by atoms with Gasteiger partial charge in [-0.05, 0) is 0 Å². The first-order valence-corrected chi connectivity index (χ1v) is 37.1. The van der Waals surface area contributed by atoms with Crippen LogP contribution in [-0.2, 0) is 25.3 Å². The predicted octanol–water partition coefficient (Wildman–Crippen LogP) is 18.8. The fourth-order valence-corrected chi connectivity index (χ4v) is 21.9. The van der Waals surface area contributed by atoms with E-state index in [-0.39, 0.29) is 14.3 Å². The van der Waals surface area contributed by atoms with E-state index in [9.17, 15) is 16.8 Å². The first-order chi connectivity index (χ1) is 37.9. The second-order valence-electron chi connectivity index (χ2n) is 19.4. The molecule has 0 unspecified atom stereocenters. The van der Waals surface area contributed by atoms with Gasteiger partial charge < -0.3 is 0 Å². The van der Waals surface area contributed by atoms with Crippen LogP contribution in [0, 0.1) is 14.3 Å². The first-order valence-electron chi connectivity index (χ1n) is 28.2. The molecule has 0 heterocycles. The summed E-state index contributed by atoms with van der Waals surface area (Å²) in [5.41, 5.74) is 0. The number of alkyl halides is 6. The normalized spacial score (nSPS) is 12.8. The van der Waals surface area contributed by atoms with Gasteiger partial charge in [-0.1, -0.05) is 27.7 Å². The van der Waals surface area contributed by atoms with Crippen LogP contribution in [0.15, 0.2) is 97.1 Å². The number of rotatable bonds is 44. The maximum atomic E-state index is 16.3. The molecule has 0 aliphatic heterocycles. The Balaban J connectivity index is 1.61. The van der Waals surface area contributed by atoms with Crippen molar-refractivity contribution in [2.24, 2.45) is 0 Å². The maximum absolute atomic E-state index is 16.3. The van der Waals surface area contributed by atoms with Crippen molar-refractivity contribution in [2.45, 2.75) is 198 Å². The molecule has 10 nitrogen and oxygen atoms in total. The molecular weight excluding hydrogens is 1300 g/mol. The van der Waals surface area contributed by atoms with Crippen molar-refractivity contribution in [1.29, 1.82) is 0 Å². The minimum absolute atomic E-state index is 0.00506. The molecule has 0 N–H and O–H groups in total. The number of hydrogen-bond donors (Lipinski definition) is 0. The van der Waals surface area contributed by atoms with Crippen LogP contribution in [0.3, 0.4) is 0 Å². The average Bonchev–Trinajstić information content (AvgIpc) is 3.61. The van der Waals surface area contributed by atoms with Gasteiger partial charge in [0.15, 0.2) is 0 Å². The fraction of sp³-hybridized carbons (Fsp3) is 0.593. The summed E-state index contributed by atoms with van der Waals surface area (Å²) in [4.78, 5) is 0. The van der Waals surface area contributed by atoms with Gasteiger partial charge in [0, 0.05) is 0 Å². The molecule has 0 atom stereocenters. The van der Waals surface area contributed by atoms with Gasteiger partial charge in [0.25, 0.3) is 0 Å². The fourth-order valence-electron chi connectivity index (χ4n) is 8.00. The SMILES string of the molecule is CCCCCCCCOc1ccc(I(OS(=O)(=O)C(F)(F)C(F)(F)C(F)(F)S(=O)(=O)OI(c2ccc(OCCCCCCCC)cc2)c2ccc(OCCCCCCCC)cc2)c2ccc(OCCCCCCCC)cc2)cc1. The molecule has 0 saturated carbocycles. The van der Waals surface area contributed by atoms with E-state index in [1.807, 2.05) is 0 Å². The summed E-state index contributed by atoms with van der Waals surface area (Å²) in [6.45, 7) is 9.88. The topological polar surface area (TPSA) is 124 Å². The zero-order valence-corrected chi connectivity index (χ0v) is 52.4. The van der Waals surface area contributed by atoms with Crippen molar-refractivity contribution in [3.8, 4) is 23.0 Å². The average molecular weight is 1390 g/mol. The number of unbranched alkanes of at least 4 members (excludes halogenated alkanes) is 20. The number of halogens is 8. The van der Waals surface area contributed by atoms with E-state index in [2.05, 4.69) is 27.7 Å². The second-order valence-corrected chi connectivity index (χ2v) is 32.5. The summed E-state index contributed by atoms with van der Waals surface area (Å²) in [7, 11) is -14.2. The zero-order valence-electron chi connectivity index (χ0n) is 46.5. The van der Waals surface area contributed by atoms with Gasteiger partial charge in [0.1, 0.15) is 0 Å². The summed E-state index contributed by atoms with van der Waals surface area (Å²) in [6.07, 6.45) is 24.1. The zero-order chi connectivity index (χ0) is 57.6. The third-order valence-corrected chi connectivity index (χ3v) is 27.5. The third-order valence-electron chi connectivity index (χ3n) is 12.8. The van der Waals surface area contributed by atoms with Crippen molar-refractivity contribution < 1.29 is 67.2 Å². The Morgan fingerprint density at radius 1 is 0.316 bits per heavy atom. The number of hydrogen-bond acceptors (Lipinski definition) is 10. The molecule has 4 aromatic carbocycles. The van der Waals surface area contributed by atoms with E-state index in [0.717, 1.165) is 154 Å². The van der Waals surface area contributed by atoms with Crippen LogP contribution in [0.5, 0.6) is 23.0 Å². The number of ether oxygens (including phenoxy) is 4. The molecule has 448 valence electrons. The van der Waals surface area contributed by atoms with E-state index in [0.29, 0.717) is 49.4 Å². The Bertz CT molecular complexity index is 2210. The first kappa shape index (κ1) is 68.4. The molecule has 4 rings (SSSR count). The molecule has 0 spiro atoms. The van der Waals surface area contributed by atoms with E-state index in [1.54, 1.807) is 0 Å². The van der Waals surface area contributed by atoms with Crippen LogP contribution in [0.25, 0.3) is 0 Å². The van der Waals surface area contributed by atoms with Crippen LogP contribution in [0.4, 0.5) is 26.3 Å². The van der Waals surface area contributed by atoms with Crippen molar-refractivity contribution >= 4 is 60.7 Å². The standard InChI is InChI=1S/C59H84F6I2O10S2/c1-5-9-13-17-21-25-45-72-53-37-29-49(30-38-53)66(50-31-39-54(40-32-50)73-46-26-22-18-14-10-6-2)76-78(68,69)58(62,63)57(60,61)59(64,65)79(70,71)77-67(51-33-41-55(42-34-51)74-47-27-23-19-15-11-7-3)52-35-43-56(44-36-52)75-48-28-24-20-16-12-8-4/h29-44H,5-28,45-48H2,1-4H3. The summed E-state index contributed by atoms with van der Waals surface area (Å²) < 4.78 is 186. The van der Waals surface area contributed by atoms with Crippen LogP contribution in [-0.4, -0.2) is 59.7 Å². The quantitative estimate of drug-likeness (QED) is 0.0240. The Kier molecular flexibility index (Phi) is 31.0. The molecule has 4 aromatic rings. The van der Waals surface area contributed by atoms with Crippen molar-refractivity contribution in [1.82, 2.24) is 0 Å². The monoisotopic (exact) mass is 1380 g/mol. The molecule has 79 heavy (non-hydrogen) atoms. The molecule has 0 amide bonds. The van der Waals surface area contributed by atoms with Gasteiger partial charge in [0.2, 0.25) is 0 Å². The van der Waals surface area contributed by atoms with Crippen LogP contribution >= 0.6 is 40.5 Å². The van der Waals surface area contributed by atoms with E-state index in [4.69, 9.17) is 24.0 Å². The molecule has 0 bridgehead atoms. The molecule has 20 heteroatoms. The van der Waals surface area contributed by atoms with Gasteiger partial charge in [-0.15, -0.1) is 0 Å². The molecule has 0 fully saturated rings. The Hall–Kier alpha value is -3.06. The summed E-state index contributed by atoms with van der Waals surface area (Å²) in [6, 6.07) is 22.1. The molecular formula is C59H84F6I2O10S2. The van der Waals surface area contributed by atoms with E-state index in [1.165, 1.54) is 97.1 Å².